The van der Waals surface area contributed by atoms with E-state index in [1.165, 1.54) is 12.1 Å². The van der Waals surface area contributed by atoms with Crippen LogP contribution in [0.15, 0.2) is 24.3 Å². The van der Waals surface area contributed by atoms with Gasteiger partial charge in [-0.05, 0) is 31.4 Å². The summed E-state index contributed by atoms with van der Waals surface area (Å²) >= 11 is 0. The molecule has 16 heavy (non-hydrogen) atoms. The maximum absolute atomic E-state index is 10.4. The Morgan fingerprint density at radius 3 is 2.50 bits per heavy atom. The Labute approximate surface area is 92.8 Å². The van der Waals surface area contributed by atoms with E-state index in [2.05, 4.69) is 0 Å². The van der Waals surface area contributed by atoms with Crippen molar-refractivity contribution in [1.29, 1.82) is 0 Å². The highest BCUT2D eigenvalue weighted by Crippen LogP contribution is 2.25. The van der Waals surface area contributed by atoms with Crippen molar-refractivity contribution in [3.63, 3.8) is 0 Å². The zero-order valence-corrected chi connectivity index (χ0v) is 8.70. The van der Waals surface area contributed by atoms with Gasteiger partial charge in [0, 0.05) is 12.1 Å². The molecule has 86 valence electrons. The first-order valence-corrected chi connectivity index (χ1v) is 5.26. The normalized spacial score (nSPS) is 24.3. The van der Waals surface area contributed by atoms with E-state index in [9.17, 15) is 15.2 Å². The van der Waals surface area contributed by atoms with Gasteiger partial charge in [0.1, 0.15) is 11.9 Å². The molecule has 0 spiro atoms. The molecule has 1 aliphatic rings. The van der Waals surface area contributed by atoms with Crippen LogP contribution in [-0.2, 0) is 0 Å². The summed E-state index contributed by atoms with van der Waals surface area (Å²) in [6.45, 7) is 0. The molecule has 1 aromatic carbocycles. The van der Waals surface area contributed by atoms with Gasteiger partial charge in [0.15, 0.2) is 0 Å². The van der Waals surface area contributed by atoms with E-state index in [-0.39, 0.29) is 11.8 Å². The van der Waals surface area contributed by atoms with Gasteiger partial charge < -0.3 is 9.84 Å². The lowest BCUT2D eigenvalue weighted by atomic mass is 10.2. The monoisotopic (exact) mass is 223 g/mol. The van der Waals surface area contributed by atoms with Gasteiger partial charge in [0.2, 0.25) is 0 Å². The second kappa shape index (κ2) is 4.49. The van der Waals surface area contributed by atoms with Gasteiger partial charge in [-0.15, -0.1) is 0 Å². The Bertz CT molecular complexity index is 376. The summed E-state index contributed by atoms with van der Waals surface area (Å²) < 4.78 is 5.55. The molecule has 0 saturated heterocycles. The number of aliphatic hydroxyl groups is 1. The summed E-state index contributed by atoms with van der Waals surface area (Å²) in [7, 11) is 0. The van der Waals surface area contributed by atoms with Gasteiger partial charge in [-0.3, -0.25) is 10.1 Å². The van der Waals surface area contributed by atoms with Crippen LogP contribution in [0.25, 0.3) is 0 Å². The summed E-state index contributed by atoms with van der Waals surface area (Å²) in [4.78, 5) is 9.98. The molecule has 0 radical (unpaired) electrons. The number of ether oxygens (including phenoxy) is 1. The minimum atomic E-state index is -0.450. The number of nitrogens with zero attached hydrogens (tertiary/aromatic N) is 1. The van der Waals surface area contributed by atoms with Gasteiger partial charge in [-0.2, -0.15) is 0 Å². The van der Waals surface area contributed by atoms with Crippen LogP contribution in [0.5, 0.6) is 5.75 Å². The fourth-order valence-electron chi connectivity index (χ4n) is 1.87. The largest absolute Gasteiger partial charge is 0.488 e. The number of benzene rings is 1. The van der Waals surface area contributed by atoms with Crippen LogP contribution in [0.3, 0.4) is 0 Å². The predicted molar refractivity (Wildman–Crippen MR) is 57.4 cm³/mol. The van der Waals surface area contributed by atoms with Crippen molar-refractivity contribution in [1.82, 2.24) is 0 Å². The number of hydrogen-bond donors (Lipinski definition) is 1. The Morgan fingerprint density at radius 1 is 1.31 bits per heavy atom. The second-order valence-electron chi connectivity index (χ2n) is 3.91. The number of non-ortho nitro benzene ring substituents is 1. The van der Waals surface area contributed by atoms with Gasteiger partial charge in [0.25, 0.3) is 5.69 Å². The molecule has 1 aliphatic carbocycles. The summed E-state index contributed by atoms with van der Waals surface area (Å²) in [6.07, 6.45) is 1.95. The minimum absolute atomic E-state index is 0.0410. The molecule has 0 aromatic heterocycles. The molecular formula is C11H13NO4. The zero-order chi connectivity index (χ0) is 11.5. The van der Waals surface area contributed by atoms with Crippen molar-refractivity contribution in [2.75, 3.05) is 0 Å². The van der Waals surface area contributed by atoms with Gasteiger partial charge in [0.05, 0.1) is 11.0 Å². The van der Waals surface area contributed by atoms with Gasteiger partial charge >= 0.3 is 0 Å². The van der Waals surface area contributed by atoms with E-state index in [4.69, 9.17) is 4.74 Å². The van der Waals surface area contributed by atoms with Crippen molar-refractivity contribution >= 4 is 5.69 Å². The van der Waals surface area contributed by atoms with Crippen LogP contribution in [0, 0.1) is 10.1 Å². The smallest absolute Gasteiger partial charge is 0.269 e. The molecule has 0 heterocycles. The first-order chi connectivity index (χ1) is 7.66. The average Bonchev–Trinajstić information content (AvgIpc) is 2.65. The Kier molecular flexibility index (Phi) is 3.05. The first kappa shape index (κ1) is 10.9. The maximum atomic E-state index is 10.4. The standard InChI is InChI=1S/C11H13NO4/c13-10-2-1-3-11(10)16-9-6-4-8(5-7-9)12(14)15/h4-7,10-11,13H,1-3H2/t10-,11-/m1/s1. The third-order valence-electron chi connectivity index (χ3n) is 2.75. The molecule has 2 rings (SSSR count). The summed E-state index contributed by atoms with van der Waals surface area (Å²) in [5, 5.41) is 20.0. The molecule has 5 heteroatoms. The Hall–Kier alpha value is -1.62. The predicted octanol–water partition coefficient (Wildman–Crippen LogP) is 1.89. The highest BCUT2D eigenvalue weighted by atomic mass is 16.6. The van der Waals surface area contributed by atoms with Crippen molar-refractivity contribution in [2.45, 2.75) is 31.5 Å². The molecule has 0 amide bonds. The topological polar surface area (TPSA) is 72.6 Å². The fourth-order valence-corrected chi connectivity index (χ4v) is 1.87. The summed E-state index contributed by atoms with van der Waals surface area (Å²) in [5.74, 6) is 0.566. The van der Waals surface area contributed by atoms with Crippen molar-refractivity contribution in [3.05, 3.63) is 34.4 Å². The highest BCUT2D eigenvalue weighted by molar-refractivity contribution is 5.36. The van der Waals surface area contributed by atoms with E-state index < -0.39 is 11.0 Å². The van der Waals surface area contributed by atoms with E-state index >= 15 is 0 Å². The lowest BCUT2D eigenvalue weighted by Crippen LogP contribution is -2.25. The van der Waals surface area contributed by atoms with Crippen LogP contribution < -0.4 is 4.74 Å². The van der Waals surface area contributed by atoms with Crippen LogP contribution in [0.2, 0.25) is 0 Å². The number of hydrogen-bond acceptors (Lipinski definition) is 4. The number of aliphatic hydroxyl groups excluding tert-OH is 1. The zero-order valence-electron chi connectivity index (χ0n) is 8.70. The van der Waals surface area contributed by atoms with Crippen molar-refractivity contribution in [2.24, 2.45) is 0 Å². The SMILES string of the molecule is O=[N+]([O-])c1ccc(O[C@@H]2CCC[C@H]2O)cc1. The third kappa shape index (κ3) is 2.30. The minimum Gasteiger partial charge on any atom is -0.488 e. The van der Waals surface area contributed by atoms with Crippen molar-refractivity contribution in [3.8, 4) is 5.75 Å². The molecular weight excluding hydrogens is 210 g/mol. The molecule has 1 aromatic rings. The maximum Gasteiger partial charge on any atom is 0.269 e. The first-order valence-electron chi connectivity index (χ1n) is 5.26. The third-order valence-corrected chi connectivity index (χ3v) is 2.75. The van der Waals surface area contributed by atoms with Gasteiger partial charge in [-0.1, -0.05) is 0 Å². The molecule has 5 nitrogen and oxygen atoms in total. The second-order valence-corrected chi connectivity index (χ2v) is 3.91. The summed E-state index contributed by atoms with van der Waals surface area (Å²) in [6, 6.07) is 5.92. The van der Waals surface area contributed by atoms with E-state index in [0.29, 0.717) is 5.75 Å². The molecule has 1 saturated carbocycles. The molecule has 1 N–H and O–H groups in total. The van der Waals surface area contributed by atoms with Crippen molar-refractivity contribution < 1.29 is 14.8 Å². The van der Waals surface area contributed by atoms with Crippen LogP contribution in [-0.4, -0.2) is 22.2 Å². The van der Waals surface area contributed by atoms with Crippen LogP contribution in [0.4, 0.5) is 5.69 Å². The van der Waals surface area contributed by atoms with Gasteiger partial charge in [-0.25, -0.2) is 0 Å². The Morgan fingerprint density at radius 2 is 2.00 bits per heavy atom. The fraction of sp³-hybridized carbons (Fsp3) is 0.455. The van der Waals surface area contributed by atoms with E-state index in [0.717, 1.165) is 19.3 Å². The number of rotatable bonds is 3. The lowest BCUT2D eigenvalue weighted by Gasteiger charge is -2.16. The number of nitro groups is 1. The van der Waals surface area contributed by atoms with Crippen LogP contribution >= 0.6 is 0 Å². The Balaban J connectivity index is 2.02. The average molecular weight is 223 g/mol. The quantitative estimate of drug-likeness (QED) is 0.627. The van der Waals surface area contributed by atoms with E-state index in [1.807, 2.05) is 0 Å². The lowest BCUT2D eigenvalue weighted by molar-refractivity contribution is -0.384. The molecule has 0 aliphatic heterocycles. The summed E-state index contributed by atoms with van der Waals surface area (Å²) in [5.41, 5.74) is 0.0410. The van der Waals surface area contributed by atoms with Crippen LogP contribution in [0.1, 0.15) is 19.3 Å². The molecule has 0 bridgehead atoms. The highest BCUT2D eigenvalue weighted by Gasteiger charge is 2.26. The molecule has 2 atom stereocenters. The molecule has 0 unspecified atom stereocenters. The number of nitro benzene ring substituents is 1. The molecule has 1 fully saturated rings. The van der Waals surface area contributed by atoms with E-state index in [1.54, 1.807) is 12.1 Å².